The summed E-state index contributed by atoms with van der Waals surface area (Å²) in [4.78, 5) is 0. The minimum absolute atomic E-state index is 0.129. The van der Waals surface area contributed by atoms with E-state index in [1.54, 1.807) is 16.8 Å². The number of nitrogens with zero attached hydrogens (tertiary/aromatic N) is 2. The molecule has 0 bridgehead atoms. The number of anilines is 3. The van der Waals surface area contributed by atoms with Crippen molar-refractivity contribution in [2.45, 2.75) is 26.8 Å². The molecule has 0 atom stereocenters. The SMILES string of the molecule is Cc1nn(C(C)C)c(Nc2c(F)cccc2Br)c1N. The highest BCUT2D eigenvalue weighted by Crippen LogP contribution is 2.33. The van der Waals surface area contributed by atoms with E-state index in [-0.39, 0.29) is 11.9 Å². The van der Waals surface area contributed by atoms with E-state index in [1.807, 2.05) is 20.8 Å². The Morgan fingerprint density at radius 2 is 2.11 bits per heavy atom. The van der Waals surface area contributed by atoms with Gasteiger partial charge >= 0.3 is 0 Å². The molecular formula is C13H16BrFN4. The Balaban J connectivity index is 2.49. The van der Waals surface area contributed by atoms with Crippen molar-refractivity contribution in [1.29, 1.82) is 0 Å². The predicted molar refractivity (Wildman–Crippen MR) is 79.1 cm³/mol. The molecule has 102 valence electrons. The molecule has 0 saturated heterocycles. The molecule has 19 heavy (non-hydrogen) atoms. The van der Waals surface area contributed by atoms with Crippen molar-refractivity contribution in [3.05, 3.63) is 34.2 Å². The summed E-state index contributed by atoms with van der Waals surface area (Å²) in [5.41, 5.74) is 7.62. The highest BCUT2D eigenvalue weighted by Gasteiger charge is 2.17. The van der Waals surface area contributed by atoms with Gasteiger partial charge < -0.3 is 11.1 Å². The summed E-state index contributed by atoms with van der Waals surface area (Å²) >= 11 is 3.32. The van der Waals surface area contributed by atoms with Gasteiger partial charge in [-0.15, -0.1) is 0 Å². The van der Waals surface area contributed by atoms with Crippen molar-refractivity contribution in [2.24, 2.45) is 0 Å². The molecule has 0 aliphatic rings. The molecule has 0 aliphatic heterocycles. The van der Waals surface area contributed by atoms with E-state index in [1.165, 1.54) is 6.07 Å². The fraction of sp³-hybridized carbons (Fsp3) is 0.308. The third-order valence-electron chi connectivity index (χ3n) is 2.83. The lowest BCUT2D eigenvalue weighted by atomic mass is 10.3. The van der Waals surface area contributed by atoms with Gasteiger partial charge in [0, 0.05) is 10.5 Å². The zero-order valence-corrected chi connectivity index (χ0v) is 12.6. The normalized spacial score (nSPS) is 11.1. The van der Waals surface area contributed by atoms with E-state index in [2.05, 4.69) is 26.3 Å². The summed E-state index contributed by atoms with van der Waals surface area (Å²) in [6, 6.07) is 4.93. The molecule has 0 aliphatic carbocycles. The van der Waals surface area contributed by atoms with Gasteiger partial charge in [0.05, 0.1) is 17.1 Å². The van der Waals surface area contributed by atoms with E-state index in [4.69, 9.17) is 5.73 Å². The van der Waals surface area contributed by atoms with E-state index in [0.29, 0.717) is 21.7 Å². The van der Waals surface area contributed by atoms with Crippen LogP contribution in [0.3, 0.4) is 0 Å². The van der Waals surface area contributed by atoms with E-state index < -0.39 is 0 Å². The quantitative estimate of drug-likeness (QED) is 0.896. The van der Waals surface area contributed by atoms with Crippen LogP contribution in [-0.4, -0.2) is 9.78 Å². The maximum Gasteiger partial charge on any atom is 0.152 e. The predicted octanol–water partition coefficient (Wildman–Crippen LogP) is 4.00. The summed E-state index contributed by atoms with van der Waals surface area (Å²) < 4.78 is 16.2. The van der Waals surface area contributed by atoms with Crippen molar-refractivity contribution in [3.8, 4) is 0 Å². The van der Waals surface area contributed by atoms with Crippen LogP contribution >= 0.6 is 15.9 Å². The van der Waals surface area contributed by atoms with Crippen LogP contribution in [0.1, 0.15) is 25.6 Å². The van der Waals surface area contributed by atoms with Crippen molar-refractivity contribution in [3.63, 3.8) is 0 Å². The molecule has 0 amide bonds. The van der Waals surface area contributed by atoms with Crippen LogP contribution in [-0.2, 0) is 0 Å². The number of benzene rings is 1. The lowest BCUT2D eigenvalue weighted by molar-refractivity contribution is 0.535. The first-order chi connectivity index (χ1) is 8.91. The van der Waals surface area contributed by atoms with E-state index in [0.717, 1.165) is 5.69 Å². The minimum Gasteiger partial charge on any atom is -0.394 e. The molecule has 0 saturated carbocycles. The second-order valence-electron chi connectivity index (χ2n) is 4.61. The summed E-state index contributed by atoms with van der Waals surface area (Å²) in [5, 5.41) is 7.39. The first-order valence-electron chi connectivity index (χ1n) is 5.97. The molecule has 6 heteroatoms. The first kappa shape index (κ1) is 13.9. The summed E-state index contributed by atoms with van der Waals surface area (Å²) in [5.74, 6) is 0.265. The third-order valence-corrected chi connectivity index (χ3v) is 3.49. The standard InChI is InChI=1S/C13H16BrFN4/c1-7(2)19-13(11(16)8(3)18-19)17-12-9(14)5-4-6-10(12)15/h4-7,17H,16H2,1-3H3. The second-order valence-corrected chi connectivity index (χ2v) is 5.46. The molecule has 2 rings (SSSR count). The maximum absolute atomic E-state index is 13.8. The van der Waals surface area contributed by atoms with Crippen LogP contribution in [0.2, 0.25) is 0 Å². The van der Waals surface area contributed by atoms with Crippen molar-refractivity contribution in [2.75, 3.05) is 11.1 Å². The van der Waals surface area contributed by atoms with Crippen LogP contribution in [0.4, 0.5) is 21.6 Å². The molecule has 4 nitrogen and oxygen atoms in total. The van der Waals surface area contributed by atoms with E-state index in [9.17, 15) is 4.39 Å². The van der Waals surface area contributed by atoms with Gasteiger partial charge in [0.15, 0.2) is 5.82 Å². The van der Waals surface area contributed by atoms with Gasteiger partial charge in [-0.25, -0.2) is 9.07 Å². The number of hydrogen-bond acceptors (Lipinski definition) is 3. The van der Waals surface area contributed by atoms with Crippen molar-refractivity contribution < 1.29 is 4.39 Å². The Bertz CT molecular complexity index is 587. The number of nitrogen functional groups attached to an aromatic ring is 1. The third kappa shape index (κ3) is 2.58. The molecule has 1 aromatic heterocycles. The average molecular weight is 327 g/mol. The Labute approximate surface area is 119 Å². The highest BCUT2D eigenvalue weighted by atomic mass is 79.9. The number of hydrogen-bond donors (Lipinski definition) is 2. The topological polar surface area (TPSA) is 55.9 Å². The zero-order valence-electron chi connectivity index (χ0n) is 11.0. The molecule has 0 spiro atoms. The van der Waals surface area contributed by atoms with Gasteiger partial charge in [0.2, 0.25) is 0 Å². The molecule has 1 heterocycles. The van der Waals surface area contributed by atoms with Crippen LogP contribution in [0.25, 0.3) is 0 Å². The van der Waals surface area contributed by atoms with Gasteiger partial charge in [-0.2, -0.15) is 5.10 Å². The second kappa shape index (κ2) is 5.21. The summed E-state index contributed by atoms with van der Waals surface area (Å²) in [6.45, 7) is 5.82. The van der Waals surface area contributed by atoms with Gasteiger partial charge in [-0.1, -0.05) is 6.07 Å². The van der Waals surface area contributed by atoms with Crippen molar-refractivity contribution >= 4 is 33.1 Å². The molecule has 3 N–H and O–H groups in total. The summed E-state index contributed by atoms with van der Waals surface area (Å²) in [6.07, 6.45) is 0. The van der Waals surface area contributed by atoms with Gasteiger partial charge in [-0.3, -0.25) is 0 Å². The van der Waals surface area contributed by atoms with Gasteiger partial charge in [-0.05, 0) is 48.8 Å². The van der Waals surface area contributed by atoms with Crippen LogP contribution in [0.15, 0.2) is 22.7 Å². The summed E-state index contributed by atoms with van der Waals surface area (Å²) in [7, 11) is 0. The molecule has 0 unspecified atom stereocenters. The monoisotopic (exact) mass is 326 g/mol. The smallest absolute Gasteiger partial charge is 0.152 e. The van der Waals surface area contributed by atoms with Crippen LogP contribution in [0, 0.1) is 12.7 Å². The Hall–Kier alpha value is -1.56. The maximum atomic E-state index is 13.8. The Morgan fingerprint density at radius 3 is 2.68 bits per heavy atom. The lowest BCUT2D eigenvalue weighted by Crippen LogP contribution is -2.09. The molecular weight excluding hydrogens is 311 g/mol. The number of nitrogens with two attached hydrogens (primary N) is 1. The number of aryl methyl sites for hydroxylation is 1. The largest absolute Gasteiger partial charge is 0.394 e. The number of nitrogens with one attached hydrogen (secondary N) is 1. The van der Waals surface area contributed by atoms with Gasteiger partial charge in [0.1, 0.15) is 5.82 Å². The number of halogens is 2. The van der Waals surface area contributed by atoms with Gasteiger partial charge in [0.25, 0.3) is 0 Å². The number of para-hydroxylation sites is 1. The first-order valence-corrected chi connectivity index (χ1v) is 6.76. The Morgan fingerprint density at radius 1 is 1.42 bits per heavy atom. The molecule has 1 aromatic carbocycles. The van der Waals surface area contributed by atoms with Crippen LogP contribution < -0.4 is 11.1 Å². The zero-order chi connectivity index (χ0) is 14.2. The van der Waals surface area contributed by atoms with E-state index >= 15 is 0 Å². The molecule has 0 radical (unpaired) electrons. The van der Waals surface area contributed by atoms with Crippen LogP contribution in [0.5, 0.6) is 0 Å². The van der Waals surface area contributed by atoms with Crippen molar-refractivity contribution in [1.82, 2.24) is 9.78 Å². The average Bonchev–Trinajstić information content (AvgIpc) is 2.62. The fourth-order valence-corrected chi connectivity index (χ4v) is 2.24. The minimum atomic E-state index is -0.345. The molecule has 2 aromatic rings. The number of aromatic nitrogens is 2. The Kier molecular flexibility index (Phi) is 3.80. The lowest BCUT2D eigenvalue weighted by Gasteiger charge is -2.14. The number of rotatable bonds is 3. The molecule has 0 fully saturated rings. The fourth-order valence-electron chi connectivity index (χ4n) is 1.79. The highest BCUT2D eigenvalue weighted by molar-refractivity contribution is 9.10.